The number of rotatable bonds is 7. The minimum absolute atomic E-state index is 0.00544. The molecule has 3 aliphatic rings. The Hall–Kier alpha value is -4.41. The van der Waals surface area contributed by atoms with E-state index in [1.54, 1.807) is 12.1 Å². The summed E-state index contributed by atoms with van der Waals surface area (Å²) in [4.78, 5) is 51.9. The number of furan rings is 1. The molecule has 180 valence electrons. The van der Waals surface area contributed by atoms with Gasteiger partial charge in [-0.05, 0) is 29.3 Å². The van der Waals surface area contributed by atoms with Crippen LogP contribution in [0.15, 0.2) is 58.3 Å². The van der Waals surface area contributed by atoms with Crippen molar-refractivity contribution in [2.45, 2.75) is 12.1 Å². The summed E-state index contributed by atoms with van der Waals surface area (Å²) in [5.74, 6) is -1.24. The highest BCUT2D eigenvalue weighted by atomic mass is 19.1. The maximum absolute atomic E-state index is 13.8. The minimum Gasteiger partial charge on any atom is -0.497 e. The van der Waals surface area contributed by atoms with Crippen LogP contribution in [-0.4, -0.2) is 55.5 Å². The maximum atomic E-state index is 13.8. The number of halogens is 1. The molecule has 5 rings (SSSR count). The summed E-state index contributed by atoms with van der Waals surface area (Å²) in [6, 6.07) is 4.18. The molecule has 5 amide bonds. The number of nitrogens with one attached hydrogen (secondary N) is 3. The Balaban J connectivity index is 1.53. The summed E-state index contributed by atoms with van der Waals surface area (Å²) in [5, 5.41) is 7.99. The van der Waals surface area contributed by atoms with Crippen LogP contribution < -0.4 is 16.0 Å². The number of fused-ring (bicyclic) bond motifs is 3. The van der Waals surface area contributed by atoms with Crippen molar-refractivity contribution in [2.75, 3.05) is 26.9 Å². The first kappa shape index (κ1) is 22.4. The van der Waals surface area contributed by atoms with Gasteiger partial charge in [0.2, 0.25) is 0 Å². The Labute approximate surface area is 198 Å². The number of hydrogen-bond acceptors (Lipinski definition) is 6. The molecule has 35 heavy (non-hydrogen) atoms. The van der Waals surface area contributed by atoms with E-state index in [1.165, 1.54) is 30.2 Å². The van der Waals surface area contributed by atoms with Gasteiger partial charge in [-0.2, -0.15) is 0 Å². The zero-order valence-corrected chi connectivity index (χ0v) is 18.7. The molecule has 0 bridgehead atoms. The fourth-order valence-corrected chi connectivity index (χ4v) is 4.57. The Bertz CT molecular complexity index is 1390. The third-order valence-electron chi connectivity index (χ3n) is 6.40. The van der Waals surface area contributed by atoms with Crippen LogP contribution in [0.5, 0.6) is 0 Å². The quantitative estimate of drug-likeness (QED) is 0.313. The molecule has 3 N–H and O–H groups in total. The van der Waals surface area contributed by atoms with Crippen LogP contribution in [0.2, 0.25) is 0 Å². The van der Waals surface area contributed by atoms with Gasteiger partial charge < -0.3 is 24.7 Å². The largest absolute Gasteiger partial charge is 0.497 e. The van der Waals surface area contributed by atoms with E-state index in [4.69, 9.17) is 9.15 Å². The molecule has 10 nitrogen and oxygen atoms in total. The van der Waals surface area contributed by atoms with E-state index in [2.05, 4.69) is 22.5 Å². The van der Waals surface area contributed by atoms with Crippen LogP contribution in [0.4, 0.5) is 9.18 Å². The van der Waals surface area contributed by atoms with Crippen LogP contribution in [0.3, 0.4) is 0 Å². The van der Waals surface area contributed by atoms with Crippen molar-refractivity contribution in [2.24, 2.45) is 0 Å². The second-order valence-electron chi connectivity index (χ2n) is 8.42. The molecule has 2 aromatic rings. The van der Waals surface area contributed by atoms with Crippen LogP contribution in [0.1, 0.15) is 21.7 Å². The molecular formula is C24H21FN4O6. The average Bonchev–Trinajstić information content (AvgIpc) is 3.57. The summed E-state index contributed by atoms with van der Waals surface area (Å²) in [6.45, 7) is 2.71. The van der Waals surface area contributed by atoms with E-state index in [1.807, 2.05) is 0 Å². The van der Waals surface area contributed by atoms with Gasteiger partial charge in [0.25, 0.3) is 17.7 Å². The summed E-state index contributed by atoms with van der Waals surface area (Å²) < 4.78 is 24.7. The van der Waals surface area contributed by atoms with Gasteiger partial charge in [0, 0.05) is 18.5 Å². The highest BCUT2D eigenvalue weighted by molar-refractivity contribution is 6.11. The summed E-state index contributed by atoms with van der Waals surface area (Å²) >= 11 is 0. The molecular weight excluding hydrogens is 459 g/mol. The van der Waals surface area contributed by atoms with Gasteiger partial charge in [-0.25, -0.2) is 9.18 Å². The van der Waals surface area contributed by atoms with E-state index >= 15 is 0 Å². The molecule has 0 spiro atoms. The van der Waals surface area contributed by atoms with E-state index in [9.17, 15) is 23.6 Å². The number of carbonyl (C=O) groups is 4. The van der Waals surface area contributed by atoms with Crippen molar-refractivity contribution in [3.05, 3.63) is 70.7 Å². The first-order chi connectivity index (χ1) is 16.8. The number of nitrogens with zero attached hydrogens (tertiary/aromatic N) is 1. The molecule has 1 atom stereocenters. The summed E-state index contributed by atoms with van der Waals surface area (Å²) in [6.07, 6.45) is 3.04. The van der Waals surface area contributed by atoms with Crippen LogP contribution in [0, 0.1) is 0 Å². The number of carbonyl (C=O) groups excluding carboxylic acids is 4. The molecule has 0 unspecified atom stereocenters. The Morgan fingerprint density at radius 3 is 2.80 bits per heavy atom. The second-order valence-corrected chi connectivity index (χ2v) is 8.42. The van der Waals surface area contributed by atoms with Gasteiger partial charge in [-0.3, -0.25) is 19.7 Å². The predicted octanol–water partition coefficient (Wildman–Crippen LogP) is 1.54. The Morgan fingerprint density at radius 2 is 2.11 bits per heavy atom. The van der Waals surface area contributed by atoms with Crippen LogP contribution in [-0.2, 0) is 26.4 Å². The van der Waals surface area contributed by atoms with Gasteiger partial charge in [0.1, 0.15) is 23.8 Å². The number of alkyl halides is 1. The lowest BCUT2D eigenvalue weighted by molar-refractivity contribution is -0.130. The predicted molar refractivity (Wildman–Crippen MR) is 121 cm³/mol. The number of hydrogen-bond donors (Lipinski definition) is 3. The first-order valence-electron chi connectivity index (χ1n) is 10.7. The molecule has 0 saturated carbocycles. The third kappa shape index (κ3) is 3.47. The van der Waals surface area contributed by atoms with Crippen molar-refractivity contribution < 1.29 is 32.7 Å². The molecule has 1 aromatic carbocycles. The number of ether oxygens (including phenoxy) is 1. The average molecular weight is 480 g/mol. The topological polar surface area (TPSA) is 130 Å². The van der Waals surface area contributed by atoms with Crippen molar-refractivity contribution in [3.8, 4) is 0 Å². The number of allylic oxidation sites excluding steroid dienone is 1. The van der Waals surface area contributed by atoms with Crippen molar-refractivity contribution in [1.29, 1.82) is 0 Å². The number of amides is 5. The summed E-state index contributed by atoms with van der Waals surface area (Å²) in [7, 11) is 1.43. The number of benzene rings is 1. The molecule has 4 heterocycles. The first-order valence-corrected chi connectivity index (χ1v) is 10.7. The molecule has 1 fully saturated rings. The maximum Gasteiger partial charge on any atom is 0.322 e. The molecule has 1 saturated heterocycles. The number of methoxy groups -OCH3 is 1. The third-order valence-corrected chi connectivity index (χ3v) is 6.40. The van der Waals surface area contributed by atoms with Gasteiger partial charge in [0.15, 0.2) is 5.54 Å². The van der Waals surface area contributed by atoms with Gasteiger partial charge in [-0.1, -0.05) is 18.7 Å². The monoisotopic (exact) mass is 480 g/mol. The lowest BCUT2D eigenvalue weighted by Crippen LogP contribution is -2.53. The fourth-order valence-electron chi connectivity index (χ4n) is 4.57. The van der Waals surface area contributed by atoms with Gasteiger partial charge in [-0.15, -0.1) is 0 Å². The normalized spacial score (nSPS) is 21.7. The highest BCUT2D eigenvalue weighted by Crippen LogP contribution is 2.36. The zero-order chi connectivity index (χ0) is 24.9. The van der Waals surface area contributed by atoms with Gasteiger partial charge in [0.05, 0.1) is 24.8 Å². The minimum atomic E-state index is -1.77. The summed E-state index contributed by atoms with van der Waals surface area (Å²) in [5.41, 5.74) is 0.121. The van der Waals surface area contributed by atoms with E-state index < -0.39 is 30.1 Å². The SMILES string of the molecule is C=C(/C=C\C1=C(CF)C(=O)N(C[C@@]2(c3cc4c5c(ccc4o3)CNC5=O)NC(=O)NC2=O)C1)OC. The van der Waals surface area contributed by atoms with Crippen molar-refractivity contribution in [1.82, 2.24) is 20.9 Å². The van der Waals surface area contributed by atoms with Gasteiger partial charge >= 0.3 is 6.03 Å². The molecule has 0 aliphatic carbocycles. The van der Waals surface area contributed by atoms with Crippen LogP contribution in [0.25, 0.3) is 11.0 Å². The van der Waals surface area contributed by atoms with E-state index in [0.717, 1.165) is 5.56 Å². The van der Waals surface area contributed by atoms with Crippen molar-refractivity contribution in [3.63, 3.8) is 0 Å². The molecule has 1 aromatic heterocycles. The van der Waals surface area contributed by atoms with Crippen molar-refractivity contribution >= 4 is 34.7 Å². The van der Waals surface area contributed by atoms with Crippen LogP contribution >= 0.6 is 0 Å². The second kappa shape index (κ2) is 8.12. The smallest absolute Gasteiger partial charge is 0.322 e. The van der Waals surface area contributed by atoms with E-state index in [0.29, 0.717) is 34.4 Å². The zero-order valence-electron chi connectivity index (χ0n) is 18.7. The molecule has 3 aliphatic heterocycles. The standard InChI is InChI=1S/C24H21FN4O6/c1-12(34-2)3-4-14-10-29(21(31)16(14)8-25)11-24(22(32)27-23(33)28-24)18-7-15-17(35-18)6-5-13-9-26-20(30)19(13)15/h3-7H,1,8-11H2,2H3,(H,26,30)(H2,27,28,32,33)/b4-3-/t24-/m0/s1. The molecule has 11 heteroatoms. The lowest BCUT2D eigenvalue weighted by Gasteiger charge is -2.29. The Kier molecular flexibility index (Phi) is 5.19. The fraction of sp³-hybridized carbons (Fsp3) is 0.250. The lowest BCUT2D eigenvalue weighted by atomic mass is 9.94. The number of urea groups is 1. The Morgan fingerprint density at radius 1 is 1.31 bits per heavy atom. The highest BCUT2D eigenvalue weighted by Gasteiger charge is 2.53. The molecule has 0 radical (unpaired) electrons. The van der Waals surface area contributed by atoms with E-state index in [-0.39, 0.29) is 30.3 Å². The number of imide groups is 1.